The Bertz CT molecular complexity index is 1350. The van der Waals surface area contributed by atoms with E-state index in [1.807, 2.05) is 48.5 Å². The van der Waals surface area contributed by atoms with Gasteiger partial charge in [0.05, 0.1) is 25.6 Å². The minimum atomic E-state index is 0. The lowest BCUT2D eigenvalue weighted by atomic mass is 10.2. The van der Waals surface area contributed by atoms with Gasteiger partial charge in [-0.1, -0.05) is 12.1 Å². The van der Waals surface area contributed by atoms with Crippen LogP contribution in [0, 0.1) is 0 Å². The number of rotatable bonds is 19. The molecule has 0 aliphatic rings. The summed E-state index contributed by atoms with van der Waals surface area (Å²) in [7, 11) is 0. The SMILES string of the molecule is Oc1cc(OCCCCCC[n+]2ccccc2)ccc1/C=N\N=C/c1ccc(OCCCCCC[n+]2ccccc2)cc1O.[Br-].[Br-]. The molecule has 2 N–H and O–H groups in total. The van der Waals surface area contributed by atoms with Gasteiger partial charge in [-0.2, -0.15) is 10.2 Å². The van der Waals surface area contributed by atoms with Crippen molar-refractivity contribution < 1.29 is 62.8 Å². The topological polar surface area (TPSA) is 91.4 Å². The number of aryl methyl sites for hydroxylation is 2. The zero-order chi connectivity index (χ0) is 30.7. The zero-order valence-electron chi connectivity index (χ0n) is 26.1. The van der Waals surface area contributed by atoms with Gasteiger partial charge in [-0.3, -0.25) is 0 Å². The normalized spacial score (nSPS) is 10.9. The quantitative estimate of drug-likeness (QED) is 0.0629. The number of phenols is 2. The third-order valence-corrected chi connectivity index (χ3v) is 7.18. The molecule has 46 heavy (non-hydrogen) atoms. The number of aromatic nitrogens is 2. The number of hydrogen-bond acceptors (Lipinski definition) is 6. The lowest BCUT2D eigenvalue weighted by molar-refractivity contribution is -0.697. The van der Waals surface area contributed by atoms with E-state index in [2.05, 4.69) is 44.1 Å². The van der Waals surface area contributed by atoms with Crippen molar-refractivity contribution in [1.29, 1.82) is 0 Å². The summed E-state index contributed by atoms with van der Waals surface area (Å²) in [5, 5.41) is 28.8. The number of phenolic OH excluding ortho intramolecular Hbond substituents is 2. The van der Waals surface area contributed by atoms with Crippen molar-refractivity contribution in [2.24, 2.45) is 10.2 Å². The standard InChI is InChI=1S/C36H42N4O4.2BrH/c41-35-27-33(43-25-13-3-1-7-19-39-21-9-5-10-22-39)17-15-31(35)29-37-38-30-32-16-18-34(28-36(32)42)44-26-14-4-2-8-20-40-23-11-6-12-24-40;;/h5-6,9-12,15-18,21-24,27-30H,1-4,7-8,13-14,19-20,25-26H2;2*1H. The predicted molar refractivity (Wildman–Crippen MR) is 173 cm³/mol. The first-order chi connectivity index (χ1) is 21.7. The Morgan fingerprint density at radius 1 is 0.522 bits per heavy atom. The average Bonchev–Trinajstić information content (AvgIpc) is 3.04. The summed E-state index contributed by atoms with van der Waals surface area (Å²) < 4.78 is 16.0. The van der Waals surface area contributed by atoms with Crippen molar-refractivity contribution in [3.05, 3.63) is 109 Å². The molecule has 4 rings (SSSR count). The van der Waals surface area contributed by atoms with Gasteiger partial charge in [-0.15, -0.1) is 0 Å². The molecule has 2 heterocycles. The first kappa shape index (κ1) is 38.4. The highest BCUT2D eigenvalue weighted by Gasteiger charge is 2.04. The molecule has 0 amide bonds. The van der Waals surface area contributed by atoms with Crippen LogP contribution in [0.15, 0.2) is 108 Å². The number of nitrogens with zero attached hydrogens (tertiary/aromatic N) is 4. The molecule has 0 saturated carbocycles. The Kier molecular flexibility index (Phi) is 19.0. The van der Waals surface area contributed by atoms with Crippen LogP contribution in [-0.2, 0) is 13.1 Å². The summed E-state index contributed by atoms with van der Waals surface area (Å²) in [6, 6.07) is 22.5. The van der Waals surface area contributed by atoms with Gasteiger partial charge in [0, 0.05) is 60.4 Å². The Hall–Kier alpha value is -3.76. The fourth-order valence-electron chi connectivity index (χ4n) is 4.68. The molecule has 0 fully saturated rings. The van der Waals surface area contributed by atoms with Gasteiger partial charge in [0.15, 0.2) is 24.8 Å². The zero-order valence-corrected chi connectivity index (χ0v) is 29.3. The Morgan fingerprint density at radius 2 is 0.913 bits per heavy atom. The van der Waals surface area contributed by atoms with Crippen LogP contribution in [0.2, 0.25) is 0 Å². The van der Waals surface area contributed by atoms with Crippen molar-refractivity contribution in [3.63, 3.8) is 0 Å². The number of aromatic hydroxyl groups is 2. The van der Waals surface area contributed by atoms with Gasteiger partial charge < -0.3 is 53.6 Å². The molecule has 4 aromatic rings. The fraction of sp³-hybridized carbons (Fsp3) is 0.333. The van der Waals surface area contributed by atoms with Crippen LogP contribution < -0.4 is 52.6 Å². The lowest BCUT2D eigenvalue weighted by Crippen LogP contribution is -3.00. The minimum Gasteiger partial charge on any atom is -1.00 e. The van der Waals surface area contributed by atoms with E-state index in [0.717, 1.165) is 64.5 Å². The van der Waals surface area contributed by atoms with Crippen molar-refractivity contribution in [1.82, 2.24) is 0 Å². The molecule has 0 saturated heterocycles. The van der Waals surface area contributed by atoms with E-state index in [4.69, 9.17) is 9.47 Å². The number of halogens is 2. The maximum atomic E-state index is 10.4. The number of unbranched alkanes of at least 4 members (excludes halogenated alkanes) is 6. The van der Waals surface area contributed by atoms with Crippen LogP contribution in [0.4, 0.5) is 0 Å². The summed E-state index contributed by atoms with van der Waals surface area (Å²) >= 11 is 0. The van der Waals surface area contributed by atoms with Gasteiger partial charge in [-0.05, 0) is 62.8 Å². The number of ether oxygens (including phenoxy) is 2. The van der Waals surface area contributed by atoms with Gasteiger partial charge in [0.25, 0.3) is 0 Å². The van der Waals surface area contributed by atoms with E-state index >= 15 is 0 Å². The third kappa shape index (κ3) is 14.6. The highest BCUT2D eigenvalue weighted by Crippen LogP contribution is 2.24. The van der Waals surface area contributed by atoms with E-state index in [-0.39, 0.29) is 45.5 Å². The molecule has 2 aromatic carbocycles. The van der Waals surface area contributed by atoms with Crippen LogP contribution in [0.3, 0.4) is 0 Å². The minimum absolute atomic E-state index is 0. The summed E-state index contributed by atoms with van der Waals surface area (Å²) in [5.74, 6) is 1.39. The molecule has 0 aliphatic heterocycles. The lowest BCUT2D eigenvalue weighted by Gasteiger charge is -2.07. The van der Waals surface area contributed by atoms with Crippen molar-refractivity contribution in [2.45, 2.75) is 64.5 Å². The fourth-order valence-corrected chi connectivity index (χ4v) is 4.68. The van der Waals surface area contributed by atoms with Gasteiger partial charge in [0.1, 0.15) is 36.1 Å². The second-order valence-corrected chi connectivity index (χ2v) is 10.7. The molecule has 2 aromatic heterocycles. The van der Waals surface area contributed by atoms with Crippen LogP contribution in [0.5, 0.6) is 23.0 Å². The summed E-state index contributed by atoms with van der Waals surface area (Å²) in [4.78, 5) is 0. The van der Waals surface area contributed by atoms with Crippen molar-refractivity contribution >= 4 is 12.4 Å². The van der Waals surface area contributed by atoms with E-state index < -0.39 is 0 Å². The van der Waals surface area contributed by atoms with Gasteiger partial charge in [0.2, 0.25) is 0 Å². The molecule has 0 bridgehead atoms. The van der Waals surface area contributed by atoms with Crippen molar-refractivity contribution in [3.8, 4) is 23.0 Å². The van der Waals surface area contributed by atoms with Crippen LogP contribution in [0.1, 0.15) is 62.5 Å². The molecular formula is C36H44Br2N4O4. The highest BCUT2D eigenvalue weighted by molar-refractivity contribution is 5.86. The molecule has 10 heteroatoms. The van der Waals surface area contributed by atoms with Crippen LogP contribution in [0.25, 0.3) is 0 Å². The molecule has 0 atom stereocenters. The first-order valence-corrected chi connectivity index (χ1v) is 15.5. The molecule has 8 nitrogen and oxygen atoms in total. The second-order valence-electron chi connectivity index (χ2n) is 10.7. The first-order valence-electron chi connectivity index (χ1n) is 15.5. The molecular weight excluding hydrogens is 712 g/mol. The monoisotopic (exact) mass is 754 g/mol. The molecule has 246 valence electrons. The Labute approximate surface area is 293 Å². The van der Waals surface area contributed by atoms with Crippen molar-refractivity contribution in [2.75, 3.05) is 13.2 Å². The summed E-state index contributed by atoms with van der Waals surface area (Å²) in [6.07, 6.45) is 20.0. The number of benzene rings is 2. The highest BCUT2D eigenvalue weighted by atomic mass is 79.9. The maximum absolute atomic E-state index is 10.4. The van der Waals surface area contributed by atoms with E-state index in [1.54, 1.807) is 24.3 Å². The van der Waals surface area contributed by atoms with Gasteiger partial charge >= 0.3 is 0 Å². The Morgan fingerprint density at radius 3 is 1.30 bits per heavy atom. The molecule has 0 radical (unpaired) electrons. The van der Waals surface area contributed by atoms with E-state index in [0.29, 0.717) is 35.8 Å². The Balaban J connectivity index is 0.00000368. The maximum Gasteiger partial charge on any atom is 0.168 e. The van der Waals surface area contributed by atoms with E-state index in [1.165, 1.54) is 12.4 Å². The van der Waals surface area contributed by atoms with Gasteiger partial charge in [-0.25, -0.2) is 9.13 Å². The predicted octanol–water partition coefficient (Wildman–Crippen LogP) is 0.413. The van der Waals surface area contributed by atoms with Crippen LogP contribution in [-0.4, -0.2) is 35.9 Å². The molecule has 0 spiro atoms. The van der Waals surface area contributed by atoms with Crippen LogP contribution >= 0.6 is 0 Å². The molecule has 0 unspecified atom stereocenters. The summed E-state index contributed by atoms with van der Waals surface area (Å²) in [5.41, 5.74) is 1.06. The molecule has 0 aliphatic carbocycles. The largest absolute Gasteiger partial charge is 1.00 e. The van der Waals surface area contributed by atoms with E-state index in [9.17, 15) is 10.2 Å². The number of hydrogen-bond donors (Lipinski definition) is 2. The third-order valence-electron chi connectivity index (χ3n) is 7.18. The number of pyridine rings is 2. The summed E-state index contributed by atoms with van der Waals surface area (Å²) in [6.45, 7) is 3.28. The second kappa shape index (κ2) is 22.7. The smallest absolute Gasteiger partial charge is 0.168 e. The average molecular weight is 757 g/mol.